The maximum Gasteiger partial charge on any atom is 0.264 e. The van der Waals surface area contributed by atoms with Gasteiger partial charge in [-0.05, 0) is 30.3 Å². The number of sulfonamides is 1. The molecule has 2 aromatic rings. The normalized spacial score (nSPS) is 14.3. The third-order valence-corrected chi connectivity index (χ3v) is 5.47. The first kappa shape index (κ1) is 15.1. The molecule has 0 saturated carbocycles. The first-order chi connectivity index (χ1) is 10.9. The van der Waals surface area contributed by atoms with Crippen molar-refractivity contribution in [3.05, 3.63) is 54.1 Å². The molecule has 2 aromatic carbocycles. The quantitative estimate of drug-likeness (QED) is 0.841. The molecular weight excluding hydrogens is 314 g/mol. The van der Waals surface area contributed by atoms with Gasteiger partial charge in [-0.3, -0.25) is 9.10 Å². The highest BCUT2D eigenvalue weighted by Crippen LogP contribution is 2.35. The number of carbonyl (C=O) groups is 1. The molecule has 0 saturated heterocycles. The third-order valence-electron chi connectivity index (χ3n) is 3.72. The zero-order valence-electron chi connectivity index (χ0n) is 12.3. The number of benzene rings is 2. The third kappa shape index (κ3) is 2.43. The molecule has 0 bridgehead atoms. The Hall–Kier alpha value is -2.85. The van der Waals surface area contributed by atoms with E-state index < -0.39 is 10.0 Å². The summed E-state index contributed by atoms with van der Waals surface area (Å²) in [5, 5.41) is 8.95. The number of para-hydroxylation sites is 2. The smallest absolute Gasteiger partial charge is 0.264 e. The molecule has 1 aliphatic rings. The Morgan fingerprint density at radius 3 is 2.48 bits per heavy atom. The molecule has 0 N–H and O–H groups in total. The monoisotopic (exact) mass is 327 g/mol. The Morgan fingerprint density at radius 1 is 1.09 bits per heavy atom. The molecule has 7 heteroatoms. The number of nitriles is 1. The second-order valence-corrected chi connectivity index (χ2v) is 6.96. The SMILES string of the molecule is CN1C(=O)CN(S(=O)(=O)c2cccc(C#N)c2)c2ccccc21. The number of likely N-dealkylation sites (N-methyl/N-ethyl adjacent to an activating group) is 1. The Balaban J connectivity index is 2.16. The lowest BCUT2D eigenvalue weighted by Gasteiger charge is -2.34. The highest BCUT2D eigenvalue weighted by Gasteiger charge is 2.34. The number of fused-ring (bicyclic) bond motifs is 1. The lowest BCUT2D eigenvalue weighted by Crippen LogP contribution is -2.46. The van der Waals surface area contributed by atoms with Gasteiger partial charge in [0.15, 0.2) is 0 Å². The first-order valence-electron chi connectivity index (χ1n) is 6.83. The van der Waals surface area contributed by atoms with Crippen molar-refractivity contribution >= 4 is 27.3 Å². The molecule has 0 fully saturated rings. The molecule has 0 radical (unpaired) electrons. The van der Waals surface area contributed by atoms with Gasteiger partial charge in [-0.1, -0.05) is 18.2 Å². The van der Waals surface area contributed by atoms with Crippen molar-refractivity contribution in [2.45, 2.75) is 4.90 Å². The molecule has 1 aliphatic heterocycles. The molecule has 116 valence electrons. The van der Waals surface area contributed by atoms with E-state index in [1.807, 2.05) is 6.07 Å². The fraction of sp³-hybridized carbons (Fsp3) is 0.125. The molecule has 0 unspecified atom stereocenters. The zero-order chi connectivity index (χ0) is 16.6. The molecule has 6 nitrogen and oxygen atoms in total. The van der Waals surface area contributed by atoms with Crippen LogP contribution in [-0.2, 0) is 14.8 Å². The van der Waals surface area contributed by atoms with Crippen LogP contribution < -0.4 is 9.21 Å². The van der Waals surface area contributed by atoms with Gasteiger partial charge in [0, 0.05) is 7.05 Å². The Morgan fingerprint density at radius 2 is 1.78 bits per heavy atom. The minimum atomic E-state index is -3.93. The van der Waals surface area contributed by atoms with E-state index in [9.17, 15) is 13.2 Å². The summed E-state index contributed by atoms with van der Waals surface area (Å²) in [5.74, 6) is -0.316. The summed E-state index contributed by atoms with van der Waals surface area (Å²) < 4.78 is 26.9. The second-order valence-electron chi connectivity index (χ2n) is 5.09. The van der Waals surface area contributed by atoms with Gasteiger partial charge < -0.3 is 4.90 Å². The summed E-state index contributed by atoms with van der Waals surface area (Å²) in [5.41, 5.74) is 1.22. The second kappa shape index (κ2) is 5.41. The summed E-state index contributed by atoms with van der Waals surface area (Å²) >= 11 is 0. The Kier molecular flexibility index (Phi) is 3.54. The number of amides is 1. The average molecular weight is 327 g/mol. The summed E-state index contributed by atoms with van der Waals surface area (Å²) in [6, 6.07) is 14.5. The Bertz CT molecular complexity index is 932. The number of anilines is 2. The average Bonchev–Trinajstić information content (AvgIpc) is 2.58. The van der Waals surface area contributed by atoms with Crippen LogP contribution in [0.2, 0.25) is 0 Å². The van der Waals surface area contributed by atoms with Crippen molar-refractivity contribution in [2.24, 2.45) is 0 Å². The largest absolute Gasteiger partial charge is 0.312 e. The van der Waals surface area contributed by atoms with Crippen LogP contribution in [0, 0.1) is 11.3 Å². The van der Waals surface area contributed by atoms with Gasteiger partial charge >= 0.3 is 0 Å². The minimum absolute atomic E-state index is 0.0105. The van der Waals surface area contributed by atoms with Gasteiger partial charge in [-0.2, -0.15) is 5.26 Å². The van der Waals surface area contributed by atoms with E-state index >= 15 is 0 Å². The molecule has 0 spiro atoms. The van der Waals surface area contributed by atoms with E-state index in [0.717, 1.165) is 4.31 Å². The minimum Gasteiger partial charge on any atom is -0.312 e. The molecule has 23 heavy (non-hydrogen) atoms. The zero-order valence-corrected chi connectivity index (χ0v) is 13.1. The van der Waals surface area contributed by atoms with E-state index in [4.69, 9.17) is 5.26 Å². The van der Waals surface area contributed by atoms with Crippen molar-refractivity contribution in [3.8, 4) is 6.07 Å². The van der Waals surface area contributed by atoms with Gasteiger partial charge in [0.2, 0.25) is 5.91 Å². The summed E-state index contributed by atoms with van der Waals surface area (Å²) in [6.07, 6.45) is 0. The van der Waals surface area contributed by atoms with E-state index in [2.05, 4.69) is 0 Å². The van der Waals surface area contributed by atoms with Gasteiger partial charge in [0.05, 0.1) is 27.9 Å². The molecular formula is C16H13N3O3S. The number of hydrogen-bond acceptors (Lipinski definition) is 4. The summed E-state index contributed by atoms with van der Waals surface area (Å²) in [6.45, 7) is -0.271. The lowest BCUT2D eigenvalue weighted by atomic mass is 10.2. The van der Waals surface area contributed by atoms with Crippen LogP contribution in [0.25, 0.3) is 0 Å². The topological polar surface area (TPSA) is 81.5 Å². The highest BCUT2D eigenvalue weighted by molar-refractivity contribution is 7.92. The van der Waals surface area contributed by atoms with E-state index in [0.29, 0.717) is 11.4 Å². The molecule has 0 atom stereocenters. The van der Waals surface area contributed by atoms with Gasteiger partial charge in [0.25, 0.3) is 10.0 Å². The molecule has 3 rings (SSSR count). The lowest BCUT2D eigenvalue weighted by molar-refractivity contribution is -0.117. The van der Waals surface area contributed by atoms with Crippen molar-refractivity contribution in [1.82, 2.24) is 0 Å². The van der Waals surface area contributed by atoms with E-state index in [-0.39, 0.29) is 22.9 Å². The number of nitrogens with zero attached hydrogens (tertiary/aromatic N) is 3. The van der Waals surface area contributed by atoms with E-state index in [1.165, 1.54) is 29.2 Å². The summed E-state index contributed by atoms with van der Waals surface area (Å²) in [7, 11) is -2.32. The predicted octanol–water partition coefficient (Wildman–Crippen LogP) is 1.73. The van der Waals surface area contributed by atoms with Gasteiger partial charge in [-0.25, -0.2) is 8.42 Å². The van der Waals surface area contributed by atoms with Gasteiger partial charge in [-0.15, -0.1) is 0 Å². The molecule has 0 aromatic heterocycles. The Labute approximate surface area is 134 Å². The van der Waals surface area contributed by atoms with Crippen molar-refractivity contribution < 1.29 is 13.2 Å². The van der Waals surface area contributed by atoms with Gasteiger partial charge in [0.1, 0.15) is 6.54 Å². The van der Waals surface area contributed by atoms with Crippen LogP contribution in [0.3, 0.4) is 0 Å². The van der Waals surface area contributed by atoms with Crippen molar-refractivity contribution in [1.29, 1.82) is 5.26 Å². The fourth-order valence-corrected chi connectivity index (χ4v) is 3.95. The maximum atomic E-state index is 12.9. The molecule has 1 amide bonds. The number of rotatable bonds is 2. The van der Waals surface area contributed by atoms with Crippen LogP contribution in [-0.4, -0.2) is 27.9 Å². The number of hydrogen-bond donors (Lipinski definition) is 0. The molecule has 1 heterocycles. The first-order valence-corrected chi connectivity index (χ1v) is 8.27. The molecule has 0 aliphatic carbocycles. The van der Waals surface area contributed by atoms with Crippen LogP contribution in [0.1, 0.15) is 5.56 Å². The predicted molar refractivity (Wildman–Crippen MR) is 85.5 cm³/mol. The van der Waals surface area contributed by atoms with Crippen molar-refractivity contribution in [2.75, 3.05) is 22.8 Å². The maximum absolute atomic E-state index is 12.9. The fourth-order valence-electron chi connectivity index (χ4n) is 2.47. The van der Waals surface area contributed by atoms with Crippen LogP contribution in [0.15, 0.2) is 53.4 Å². The standard InChI is InChI=1S/C16H13N3O3S/c1-18-14-7-2-3-8-15(14)19(11-16(18)20)23(21,22)13-6-4-5-12(9-13)10-17/h2-9H,11H2,1H3. The van der Waals surface area contributed by atoms with Crippen molar-refractivity contribution in [3.63, 3.8) is 0 Å². The van der Waals surface area contributed by atoms with Crippen LogP contribution in [0.4, 0.5) is 11.4 Å². The summed E-state index contributed by atoms with van der Waals surface area (Å²) in [4.78, 5) is 13.6. The number of carbonyl (C=O) groups excluding carboxylic acids is 1. The van der Waals surface area contributed by atoms with Crippen LogP contribution in [0.5, 0.6) is 0 Å². The van der Waals surface area contributed by atoms with Crippen LogP contribution >= 0.6 is 0 Å². The highest BCUT2D eigenvalue weighted by atomic mass is 32.2. The van der Waals surface area contributed by atoms with E-state index in [1.54, 1.807) is 31.3 Å².